The van der Waals surface area contributed by atoms with Crippen LogP contribution < -0.4 is 5.32 Å². The molecule has 2 unspecified atom stereocenters. The fraction of sp³-hybridized carbons (Fsp3) is 0.500. The van der Waals surface area contributed by atoms with Gasteiger partial charge in [-0.1, -0.05) is 31.2 Å². The zero-order valence-corrected chi connectivity index (χ0v) is 10.1. The Kier molecular flexibility index (Phi) is 3.79. The smallest absolute Gasteiger partial charge is 0.320 e. The fourth-order valence-corrected chi connectivity index (χ4v) is 2.37. The average molecular weight is 233 g/mol. The van der Waals surface area contributed by atoms with E-state index < -0.39 is 5.97 Å². The van der Waals surface area contributed by atoms with E-state index >= 15 is 0 Å². The summed E-state index contributed by atoms with van der Waals surface area (Å²) in [6.07, 6.45) is 3.68. The molecule has 17 heavy (non-hydrogen) atoms. The van der Waals surface area contributed by atoms with Gasteiger partial charge >= 0.3 is 5.97 Å². The van der Waals surface area contributed by atoms with Crippen molar-refractivity contribution in [1.82, 2.24) is 5.32 Å². The minimum atomic E-state index is -0.728. The Morgan fingerprint density at radius 2 is 1.94 bits per heavy atom. The third-order valence-electron chi connectivity index (χ3n) is 3.45. The van der Waals surface area contributed by atoms with E-state index in [0.29, 0.717) is 6.04 Å². The van der Waals surface area contributed by atoms with Gasteiger partial charge in [0.2, 0.25) is 0 Å². The summed E-state index contributed by atoms with van der Waals surface area (Å²) in [6.45, 7) is 2.14. The van der Waals surface area contributed by atoms with Crippen LogP contribution in [-0.4, -0.2) is 23.2 Å². The van der Waals surface area contributed by atoms with Gasteiger partial charge in [-0.2, -0.15) is 0 Å². The van der Waals surface area contributed by atoms with Crippen molar-refractivity contribution in [3.63, 3.8) is 0 Å². The van der Waals surface area contributed by atoms with E-state index in [1.807, 2.05) is 0 Å². The van der Waals surface area contributed by atoms with E-state index in [1.165, 1.54) is 11.1 Å². The van der Waals surface area contributed by atoms with Crippen molar-refractivity contribution < 1.29 is 9.90 Å². The predicted molar refractivity (Wildman–Crippen MR) is 67.1 cm³/mol. The molecule has 1 aliphatic rings. The number of aryl methyl sites for hydroxylation is 1. The molecule has 0 aliphatic carbocycles. The third kappa shape index (κ3) is 3.07. The van der Waals surface area contributed by atoms with Crippen LogP contribution in [0.1, 0.15) is 30.9 Å². The molecule has 2 atom stereocenters. The summed E-state index contributed by atoms with van der Waals surface area (Å²) in [7, 11) is 0. The van der Waals surface area contributed by atoms with Gasteiger partial charge in [0.1, 0.15) is 6.04 Å². The summed E-state index contributed by atoms with van der Waals surface area (Å²) in [5.41, 5.74) is 2.63. The van der Waals surface area contributed by atoms with Crippen LogP contribution in [0.15, 0.2) is 24.3 Å². The van der Waals surface area contributed by atoms with Crippen LogP contribution in [0, 0.1) is 0 Å². The molecule has 2 N–H and O–H groups in total. The Morgan fingerprint density at radius 3 is 2.47 bits per heavy atom. The number of hydrogen-bond donors (Lipinski definition) is 2. The van der Waals surface area contributed by atoms with Crippen LogP contribution >= 0.6 is 0 Å². The molecule has 0 bridgehead atoms. The van der Waals surface area contributed by atoms with E-state index in [0.717, 1.165) is 25.7 Å². The van der Waals surface area contributed by atoms with Crippen LogP contribution in [0.25, 0.3) is 0 Å². The lowest BCUT2D eigenvalue weighted by Crippen LogP contribution is -2.36. The molecule has 0 radical (unpaired) electrons. The maximum atomic E-state index is 10.8. The highest BCUT2D eigenvalue weighted by Crippen LogP contribution is 2.17. The standard InChI is InChI=1S/C14H19NO2/c1-2-10-3-5-11(6-4-10)9-12-7-8-13(15-12)14(16)17/h3-6,12-13,15H,2,7-9H2,1H3,(H,16,17). The Balaban J connectivity index is 1.91. The summed E-state index contributed by atoms with van der Waals surface area (Å²) in [4.78, 5) is 10.8. The molecular formula is C14H19NO2. The molecule has 92 valence electrons. The highest BCUT2D eigenvalue weighted by molar-refractivity contribution is 5.73. The van der Waals surface area contributed by atoms with E-state index in [4.69, 9.17) is 5.11 Å². The molecule has 1 saturated heterocycles. The van der Waals surface area contributed by atoms with Crippen molar-refractivity contribution in [3.8, 4) is 0 Å². The van der Waals surface area contributed by atoms with E-state index in [1.54, 1.807) is 0 Å². The summed E-state index contributed by atoms with van der Waals surface area (Å²) in [5.74, 6) is -0.728. The Morgan fingerprint density at radius 1 is 1.29 bits per heavy atom. The van der Waals surface area contributed by atoms with Gasteiger partial charge in [0.25, 0.3) is 0 Å². The second-order valence-electron chi connectivity index (χ2n) is 4.71. The molecule has 1 aromatic rings. The number of rotatable bonds is 4. The van der Waals surface area contributed by atoms with E-state index in [-0.39, 0.29) is 6.04 Å². The molecule has 3 heteroatoms. The SMILES string of the molecule is CCc1ccc(CC2CCC(C(=O)O)N2)cc1. The van der Waals surface area contributed by atoms with Crippen LogP contribution in [0.4, 0.5) is 0 Å². The molecule has 0 aromatic heterocycles. The topological polar surface area (TPSA) is 49.3 Å². The number of carboxylic acid groups (broad SMARTS) is 1. The summed E-state index contributed by atoms with van der Waals surface area (Å²) in [5, 5.41) is 12.1. The van der Waals surface area contributed by atoms with Gasteiger partial charge < -0.3 is 10.4 Å². The second-order valence-corrected chi connectivity index (χ2v) is 4.71. The first-order chi connectivity index (χ1) is 8.19. The van der Waals surface area contributed by atoms with Crippen LogP contribution in [0.5, 0.6) is 0 Å². The molecule has 1 aliphatic heterocycles. The highest BCUT2D eigenvalue weighted by Gasteiger charge is 2.28. The lowest BCUT2D eigenvalue weighted by molar-refractivity contribution is -0.139. The largest absolute Gasteiger partial charge is 0.480 e. The minimum Gasteiger partial charge on any atom is -0.480 e. The van der Waals surface area contributed by atoms with Gasteiger partial charge in [0.15, 0.2) is 0 Å². The molecule has 1 fully saturated rings. The van der Waals surface area contributed by atoms with Crippen LogP contribution in [-0.2, 0) is 17.6 Å². The molecule has 0 saturated carbocycles. The molecule has 0 spiro atoms. The lowest BCUT2D eigenvalue weighted by Gasteiger charge is -2.12. The Hall–Kier alpha value is -1.35. The molecule has 1 aromatic carbocycles. The molecule has 1 heterocycles. The lowest BCUT2D eigenvalue weighted by atomic mass is 10.0. The van der Waals surface area contributed by atoms with Gasteiger partial charge in [-0.25, -0.2) is 0 Å². The Labute approximate surface area is 102 Å². The van der Waals surface area contributed by atoms with E-state index in [9.17, 15) is 4.79 Å². The number of carbonyl (C=O) groups is 1. The number of benzene rings is 1. The van der Waals surface area contributed by atoms with Gasteiger partial charge in [-0.15, -0.1) is 0 Å². The number of hydrogen-bond acceptors (Lipinski definition) is 2. The van der Waals surface area contributed by atoms with Gasteiger partial charge in [-0.3, -0.25) is 4.79 Å². The average Bonchev–Trinajstić information content (AvgIpc) is 2.79. The van der Waals surface area contributed by atoms with Crippen molar-refractivity contribution in [2.24, 2.45) is 0 Å². The zero-order chi connectivity index (χ0) is 12.3. The van der Waals surface area contributed by atoms with Crippen molar-refractivity contribution in [2.75, 3.05) is 0 Å². The van der Waals surface area contributed by atoms with Gasteiger partial charge in [0.05, 0.1) is 0 Å². The monoisotopic (exact) mass is 233 g/mol. The van der Waals surface area contributed by atoms with E-state index in [2.05, 4.69) is 36.5 Å². The molecule has 3 nitrogen and oxygen atoms in total. The van der Waals surface area contributed by atoms with Gasteiger partial charge in [-0.05, 0) is 36.8 Å². The van der Waals surface area contributed by atoms with Crippen LogP contribution in [0.3, 0.4) is 0 Å². The van der Waals surface area contributed by atoms with Crippen LogP contribution in [0.2, 0.25) is 0 Å². The number of carboxylic acids is 1. The van der Waals surface area contributed by atoms with Crippen molar-refractivity contribution >= 4 is 5.97 Å². The van der Waals surface area contributed by atoms with Crippen molar-refractivity contribution in [2.45, 2.75) is 44.7 Å². The molecule has 2 rings (SSSR count). The minimum absolute atomic E-state index is 0.309. The summed E-state index contributed by atoms with van der Waals surface area (Å²) in [6, 6.07) is 8.56. The molecule has 0 amide bonds. The first-order valence-corrected chi connectivity index (χ1v) is 6.25. The van der Waals surface area contributed by atoms with Crippen molar-refractivity contribution in [1.29, 1.82) is 0 Å². The summed E-state index contributed by atoms with van der Waals surface area (Å²) >= 11 is 0. The summed E-state index contributed by atoms with van der Waals surface area (Å²) < 4.78 is 0. The zero-order valence-electron chi connectivity index (χ0n) is 10.1. The van der Waals surface area contributed by atoms with Gasteiger partial charge in [0, 0.05) is 6.04 Å². The first kappa shape index (κ1) is 12.1. The fourth-order valence-electron chi connectivity index (χ4n) is 2.37. The maximum Gasteiger partial charge on any atom is 0.320 e. The number of aliphatic carboxylic acids is 1. The number of nitrogens with one attached hydrogen (secondary N) is 1. The molecular weight excluding hydrogens is 214 g/mol. The second kappa shape index (κ2) is 5.32. The quantitative estimate of drug-likeness (QED) is 0.836. The predicted octanol–water partition coefficient (Wildman–Crippen LogP) is 2.00. The maximum absolute atomic E-state index is 10.8. The first-order valence-electron chi connectivity index (χ1n) is 6.25. The van der Waals surface area contributed by atoms with Crippen molar-refractivity contribution in [3.05, 3.63) is 35.4 Å². The highest BCUT2D eigenvalue weighted by atomic mass is 16.4. The third-order valence-corrected chi connectivity index (χ3v) is 3.45. The Bertz CT molecular complexity index is 386. The normalized spacial score (nSPS) is 23.8.